The first-order chi connectivity index (χ1) is 11.8. The van der Waals surface area contributed by atoms with Gasteiger partial charge in [0, 0.05) is 43.2 Å². The van der Waals surface area contributed by atoms with Crippen molar-refractivity contribution < 1.29 is 9.53 Å². The van der Waals surface area contributed by atoms with Gasteiger partial charge in [-0.3, -0.25) is 9.80 Å². The lowest BCUT2D eigenvalue weighted by atomic mass is 9.95. The molecule has 0 saturated carbocycles. The van der Waals surface area contributed by atoms with Crippen molar-refractivity contribution in [1.82, 2.24) is 10.2 Å². The number of thioether (sulfide) groups is 1. The predicted octanol–water partition coefficient (Wildman–Crippen LogP) is 1.97. The van der Waals surface area contributed by atoms with Crippen LogP contribution in [0.3, 0.4) is 0 Å². The molecule has 3 heterocycles. The van der Waals surface area contributed by atoms with Crippen LogP contribution in [0.25, 0.3) is 0 Å². The molecule has 2 fully saturated rings. The number of benzene rings is 1. The van der Waals surface area contributed by atoms with Gasteiger partial charge in [0.25, 0.3) is 0 Å². The highest BCUT2D eigenvalue weighted by Crippen LogP contribution is 2.34. The van der Waals surface area contributed by atoms with Gasteiger partial charge >= 0.3 is 6.03 Å². The molecular weight excluding hydrogens is 322 g/mol. The predicted molar refractivity (Wildman–Crippen MR) is 98.0 cm³/mol. The number of nitrogens with zero attached hydrogens (tertiary/aromatic N) is 2. The van der Waals surface area contributed by atoms with Crippen LogP contribution in [0.4, 0.5) is 10.5 Å². The first kappa shape index (κ1) is 16.2. The monoisotopic (exact) mass is 347 g/mol. The van der Waals surface area contributed by atoms with Crippen molar-refractivity contribution >= 4 is 23.5 Å². The van der Waals surface area contributed by atoms with Crippen molar-refractivity contribution in [3.63, 3.8) is 0 Å². The second kappa shape index (κ2) is 6.94. The van der Waals surface area contributed by atoms with E-state index in [1.165, 1.54) is 11.3 Å². The van der Waals surface area contributed by atoms with E-state index in [0.29, 0.717) is 0 Å². The number of nitrogens with one attached hydrogen (secondary N) is 1. The zero-order valence-corrected chi connectivity index (χ0v) is 14.8. The summed E-state index contributed by atoms with van der Waals surface area (Å²) in [5, 5.41) is 3.24. The summed E-state index contributed by atoms with van der Waals surface area (Å²) in [6, 6.07) is 8.26. The van der Waals surface area contributed by atoms with Gasteiger partial charge in [-0.2, -0.15) is 11.8 Å². The normalized spacial score (nSPS) is 27.2. The highest BCUT2D eigenvalue weighted by Gasteiger charge is 2.41. The second-order valence-electron chi connectivity index (χ2n) is 6.82. The summed E-state index contributed by atoms with van der Waals surface area (Å²) in [4.78, 5) is 17.2. The lowest BCUT2D eigenvalue weighted by molar-refractivity contribution is -0.0123. The molecule has 130 valence electrons. The van der Waals surface area contributed by atoms with Gasteiger partial charge in [0.1, 0.15) is 0 Å². The molecule has 6 heteroatoms. The van der Waals surface area contributed by atoms with E-state index in [1.54, 1.807) is 0 Å². The van der Waals surface area contributed by atoms with Crippen molar-refractivity contribution in [3.8, 4) is 0 Å². The third-order valence-corrected chi connectivity index (χ3v) is 6.70. The molecule has 1 atom stereocenters. The van der Waals surface area contributed by atoms with Crippen molar-refractivity contribution in [2.75, 3.05) is 55.8 Å². The first-order valence-corrected chi connectivity index (χ1v) is 9.98. The number of morpholine rings is 1. The number of fused-ring (bicyclic) bond motifs is 1. The van der Waals surface area contributed by atoms with Crippen LogP contribution in [0.2, 0.25) is 0 Å². The summed E-state index contributed by atoms with van der Waals surface area (Å²) in [7, 11) is 0. The minimum Gasteiger partial charge on any atom is -0.379 e. The Balaban J connectivity index is 1.42. The van der Waals surface area contributed by atoms with E-state index < -0.39 is 0 Å². The molecule has 0 radical (unpaired) electrons. The van der Waals surface area contributed by atoms with E-state index in [-0.39, 0.29) is 11.6 Å². The van der Waals surface area contributed by atoms with Gasteiger partial charge in [-0.1, -0.05) is 18.2 Å². The fraction of sp³-hybridized carbons (Fsp3) is 0.611. The largest absolute Gasteiger partial charge is 0.379 e. The van der Waals surface area contributed by atoms with E-state index >= 15 is 0 Å². The third kappa shape index (κ3) is 3.03. The summed E-state index contributed by atoms with van der Waals surface area (Å²) < 4.78 is 5.51. The molecule has 0 aliphatic carbocycles. The van der Waals surface area contributed by atoms with Crippen molar-refractivity contribution in [2.45, 2.75) is 18.4 Å². The van der Waals surface area contributed by atoms with Gasteiger partial charge in [-0.05, 0) is 30.2 Å². The van der Waals surface area contributed by atoms with Crippen molar-refractivity contribution in [2.24, 2.45) is 0 Å². The zero-order valence-electron chi connectivity index (χ0n) is 14.0. The number of amides is 2. The number of hydrogen-bond acceptors (Lipinski definition) is 4. The summed E-state index contributed by atoms with van der Waals surface area (Å²) in [6.07, 6.45) is 2.10. The number of carbonyl (C=O) groups excluding carboxylic acids is 1. The molecular formula is C18H25N3O2S. The zero-order chi connectivity index (χ0) is 16.4. The molecule has 3 aliphatic heterocycles. The first-order valence-electron chi connectivity index (χ1n) is 8.82. The number of rotatable bonds is 3. The van der Waals surface area contributed by atoms with Crippen LogP contribution in [0.15, 0.2) is 24.3 Å². The topological polar surface area (TPSA) is 44.8 Å². The van der Waals surface area contributed by atoms with Gasteiger partial charge in [-0.15, -0.1) is 0 Å². The molecule has 2 amide bonds. The Morgan fingerprint density at radius 2 is 2.08 bits per heavy atom. The average Bonchev–Trinajstić information content (AvgIpc) is 3.28. The Morgan fingerprint density at radius 3 is 2.88 bits per heavy atom. The molecule has 1 aromatic carbocycles. The summed E-state index contributed by atoms with van der Waals surface area (Å²) >= 11 is 2.00. The molecule has 0 spiro atoms. The smallest absolute Gasteiger partial charge is 0.321 e. The fourth-order valence-electron chi connectivity index (χ4n) is 4.02. The summed E-state index contributed by atoms with van der Waals surface area (Å²) in [6.45, 7) is 5.08. The maximum absolute atomic E-state index is 12.8. The molecule has 0 aromatic heterocycles. The number of para-hydroxylation sites is 1. The molecule has 0 unspecified atom stereocenters. The van der Waals surface area contributed by atoms with Crippen molar-refractivity contribution in [1.29, 1.82) is 0 Å². The number of urea groups is 1. The van der Waals surface area contributed by atoms with Gasteiger partial charge < -0.3 is 10.1 Å². The number of hydrogen-bond donors (Lipinski definition) is 1. The Hall–Kier alpha value is -1.24. The molecule has 5 nitrogen and oxygen atoms in total. The highest BCUT2D eigenvalue weighted by molar-refractivity contribution is 7.99. The van der Waals surface area contributed by atoms with Crippen LogP contribution >= 0.6 is 11.8 Å². The molecule has 4 rings (SSSR count). The Kier molecular flexibility index (Phi) is 4.70. The second-order valence-corrected chi connectivity index (χ2v) is 7.92. The van der Waals surface area contributed by atoms with Crippen LogP contribution in [0.5, 0.6) is 0 Å². The van der Waals surface area contributed by atoms with Gasteiger partial charge in [0.15, 0.2) is 0 Å². The molecule has 24 heavy (non-hydrogen) atoms. The van der Waals surface area contributed by atoms with Crippen LogP contribution in [0, 0.1) is 0 Å². The quantitative estimate of drug-likeness (QED) is 0.908. The fourth-order valence-corrected chi connectivity index (χ4v) is 5.50. The van der Waals surface area contributed by atoms with E-state index in [2.05, 4.69) is 16.3 Å². The lowest BCUT2D eigenvalue weighted by Crippen LogP contribution is -2.60. The maximum Gasteiger partial charge on any atom is 0.321 e. The number of carbonyl (C=O) groups is 1. The van der Waals surface area contributed by atoms with E-state index in [1.807, 2.05) is 34.9 Å². The van der Waals surface area contributed by atoms with E-state index in [0.717, 1.165) is 63.7 Å². The van der Waals surface area contributed by atoms with Crippen LogP contribution in [0.1, 0.15) is 12.0 Å². The minimum atomic E-state index is 0.0458. The molecule has 2 saturated heterocycles. The van der Waals surface area contributed by atoms with Gasteiger partial charge in [0.2, 0.25) is 0 Å². The van der Waals surface area contributed by atoms with Crippen LogP contribution in [-0.4, -0.2) is 67.4 Å². The standard InChI is InChI=1S/C18H25N3O2S/c22-17(21-7-5-15-3-1-2-4-16(15)21)19-13-18(6-12-24-14-18)20-8-10-23-11-9-20/h1-4H,5-14H2,(H,19,22)/t18-/m1/s1. The van der Waals surface area contributed by atoms with Crippen molar-refractivity contribution in [3.05, 3.63) is 29.8 Å². The van der Waals surface area contributed by atoms with Crippen LogP contribution < -0.4 is 10.2 Å². The SMILES string of the molecule is O=C(NC[C@]1(N2CCOCC2)CCSC1)N1CCc2ccccc21. The summed E-state index contributed by atoms with van der Waals surface area (Å²) in [5.74, 6) is 2.28. The van der Waals surface area contributed by atoms with E-state index in [9.17, 15) is 4.79 Å². The number of anilines is 1. The Morgan fingerprint density at radius 1 is 1.25 bits per heavy atom. The molecule has 1 aromatic rings. The lowest BCUT2D eigenvalue weighted by Gasteiger charge is -2.43. The van der Waals surface area contributed by atoms with Gasteiger partial charge in [-0.25, -0.2) is 4.79 Å². The molecule has 0 bridgehead atoms. The third-order valence-electron chi connectivity index (χ3n) is 5.47. The average molecular weight is 347 g/mol. The van der Waals surface area contributed by atoms with Crippen LogP contribution in [-0.2, 0) is 11.2 Å². The Bertz CT molecular complexity index is 598. The highest BCUT2D eigenvalue weighted by atomic mass is 32.2. The number of ether oxygens (including phenoxy) is 1. The molecule has 1 N–H and O–H groups in total. The Labute approximate surface area is 147 Å². The van der Waals surface area contributed by atoms with E-state index in [4.69, 9.17) is 4.74 Å². The minimum absolute atomic E-state index is 0.0458. The van der Waals surface area contributed by atoms with Gasteiger partial charge in [0.05, 0.1) is 13.2 Å². The molecule has 3 aliphatic rings. The maximum atomic E-state index is 12.8. The summed E-state index contributed by atoms with van der Waals surface area (Å²) in [5.41, 5.74) is 2.44.